The highest BCUT2D eigenvalue weighted by Gasteiger charge is 2.08. The summed E-state index contributed by atoms with van der Waals surface area (Å²) in [4.78, 5) is 0. The predicted octanol–water partition coefficient (Wildman–Crippen LogP) is 4.95. The number of hydrogen-bond acceptors (Lipinski definition) is 2. The van der Waals surface area contributed by atoms with Crippen LogP contribution in [0.15, 0.2) is 36.5 Å². The second-order valence-corrected chi connectivity index (χ2v) is 5.77. The Labute approximate surface area is 127 Å². The van der Waals surface area contributed by atoms with Gasteiger partial charge in [0.15, 0.2) is 0 Å². The van der Waals surface area contributed by atoms with E-state index in [0.717, 1.165) is 24.3 Å². The topological polar surface area (TPSA) is 27.1 Å². The molecule has 2 rings (SSSR count). The molecule has 3 heteroatoms. The number of benzene rings is 1. The van der Waals surface area contributed by atoms with Crippen LogP contribution in [0.3, 0.4) is 0 Å². The molecule has 0 fully saturated rings. The number of nitrogens with zero attached hydrogens (tertiary/aromatic N) is 2. The summed E-state index contributed by atoms with van der Waals surface area (Å²) in [6, 6.07) is 10.9. The van der Waals surface area contributed by atoms with Crippen molar-refractivity contribution in [2.75, 3.05) is 0 Å². The highest BCUT2D eigenvalue weighted by Crippen LogP contribution is 2.20. The molecular formula is C18H26N2O. The van der Waals surface area contributed by atoms with Crippen molar-refractivity contribution in [2.24, 2.45) is 0 Å². The molecule has 21 heavy (non-hydrogen) atoms. The maximum atomic E-state index is 5.81. The molecule has 0 unspecified atom stereocenters. The van der Waals surface area contributed by atoms with Crippen LogP contribution in [0.25, 0.3) is 0 Å². The van der Waals surface area contributed by atoms with Crippen LogP contribution >= 0.6 is 0 Å². The zero-order valence-corrected chi connectivity index (χ0v) is 13.5. The molecule has 0 radical (unpaired) electrons. The summed E-state index contributed by atoms with van der Waals surface area (Å²) in [7, 11) is 0. The first kappa shape index (κ1) is 15.6. The van der Waals surface area contributed by atoms with E-state index in [1.165, 1.54) is 5.56 Å². The van der Waals surface area contributed by atoms with Gasteiger partial charge in [-0.15, -0.1) is 0 Å². The fraction of sp³-hybridized carbons (Fsp3) is 0.500. The summed E-state index contributed by atoms with van der Waals surface area (Å²) >= 11 is 0. The van der Waals surface area contributed by atoms with E-state index >= 15 is 0 Å². The third-order valence-electron chi connectivity index (χ3n) is 3.91. The predicted molar refractivity (Wildman–Crippen MR) is 86.7 cm³/mol. The van der Waals surface area contributed by atoms with Crippen molar-refractivity contribution < 1.29 is 4.74 Å². The molecule has 1 aromatic carbocycles. The van der Waals surface area contributed by atoms with Crippen LogP contribution in [0.1, 0.15) is 63.8 Å². The van der Waals surface area contributed by atoms with E-state index in [4.69, 9.17) is 4.74 Å². The van der Waals surface area contributed by atoms with Crippen LogP contribution in [0.5, 0.6) is 5.75 Å². The highest BCUT2D eigenvalue weighted by atomic mass is 16.5. The minimum atomic E-state index is 0.490. The average Bonchev–Trinajstić information content (AvgIpc) is 2.96. The molecule has 0 aliphatic carbocycles. The Morgan fingerprint density at radius 3 is 2.29 bits per heavy atom. The summed E-state index contributed by atoms with van der Waals surface area (Å²) in [6.07, 6.45) is 4.27. The molecule has 1 aromatic heterocycles. The van der Waals surface area contributed by atoms with Gasteiger partial charge in [0, 0.05) is 6.20 Å². The van der Waals surface area contributed by atoms with E-state index in [1.807, 2.05) is 18.2 Å². The van der Waals surface area contributed by atoms with Crippen molar-refractivity contribution in [3.05, 3.63) is 47.8 Å². The first-order chi connectivity index (χ1) is 10.1. The first-order valence-electron chi connectivity index (χ1n) is 7.90. The molecule has 0 aliphatic rings. The number of rotatable bonds is 7. The second-order valence-electron chi connectivity index (χ2n) is 5.77. The van der Waals surface area contributed by atoms with E-state index in [-0.39, 0.29) is 0 Å². The van der Waals surface area contributed by atoms with Crippen LogP contribution in [-0.2, 0) is 6.61 Å². The fourth-order valence-electron chi connectivity index (χ4n) is 2.43. The molecule has 0 N–H and O–H groups in total. The fourth-order valence-corrected chi connectivity index (χ4v) is 2.43. The summed E-state index contributed by atoms with van der Waals surface area (Å²) in [5.74, 6) is 1.45. The van der Waals surface area contributed by atoms with Gasteiger partial charge in [0.05, 0.1) is 11.7 Å². The summed E-state index contributed by atoms with van der Waals surface area (Å²) < 4.78 is 7.87. The highest BCUT2D eigenvalue weighted by molar-refractivity contribution is 5.29. The van der Waals surface area contributed by atoms with Gasteiger partial charge in [0.1, 0.15) is 12.4 Å². The van der Waals surface area contributed by atoms with Gasteiger partial charge >= 0.3 is 0 Å². The minimum Gasteiger partial charge on any atom is -0.487 e. The Bertz CT molecular complexity index is 539. The van der Waals surface area contributed by atoms with E-state index in [2.05, 4.69) is 55.8 Å². The Morgan fingerprint density at radius 2 is 1.71 bits per heavy atom. The molecule has 114 valence electrons. The van der Waals surface area contributed by atoms with Crippen molar-refractivity contribution in [3.63, 3.8) is 0 Å². The number of ether oxygens (including phenoxy) is 1. The number of hydrogen-bond donors (Lipinski definition) is 0. The minimum absolute atomic E-state index is 0.490. The maximum absolute atomic E-state index is 5.81. The molecule has 1 heterocycles. The third-order valence-corrected chi connectivity index (χ3v) is 3.91. The van der Waals surface area contributed by atoms with Gasteiger partial charge in [-0.2, -0.15) is 5.10 Å². The maximum Gasteiger partial charge on any atom is 0.132 e. The van der Waals surface area contributed by atoms with Gasteiger partial charge in [-0.1, -0.05) is 39.8 Å². The summed E-state index contributed by atoms with van der Waals surface area (Å²) in [6.45, 7) is 9.31. The van der Waals surface area contributed by atoms with Crippen molar-refractivity contribution in [1.29, 1.82) is 0 Å². The molecule has 0 saturated carbocycles. The third kappa shape index (κ3) is 4.10. The molecule has 0 atom stereocenters. The van der Waals surface area contributed by atoms with Gasteiger partial charge in [-0.25, -0.2) is 0 Å². The lowest BCUT2D eigenvalue weighted by molar-refractivity contribution is 0.297. The average molecular weight is 286 g/mol. The second kappa shape index (κ2) is 7.30. The van der Waals surface area contributed by atoms with E-state index in [1.54, 1.807) is 0 Å². The van der Waals surface area contributed by atoms with Gasteiger partial charge < -0.3 is 4.74 Å². The monoisotopic (exact) mass is 286 g/mol. The number of aromatic nitrogens is 2. The zero-order chi connectivity index (χ0) is 15.2. The van der Waals surface area contributed by atoms with E-state index < -0.39 is 0 Å². The van der Waals surface area contributed by atoms with Gasteiger partial charge in [-0.05, 0) is 42.5 Å². The molecule has 0 saturated heterocycles. The van der Waals surface area contributed by atoms with Crippen LogP contribution < -0.4 is 4.74 Å². The molecule has 0 aliphatic heterocycles. The van der Waals surface area contributed by atoms with Crippen molar-refractivity contribution in [2.45, 2.75) is 59.1 Å². The van der Waals surface area contributed by atoms with Crippen LogP contribution in [-0.4, -0.2) is 9.78 Å². The lowest BCUT2D eigenvalue weighted by atomic mass is 10.0. The smallest absolute Gasteiger partial charge is 0.132 e. The van der Waals surface area contributed by atoms with Crippen molar-refractivity contribution >= 4 is 0 Å². The van der Waals surface area contributed by atoms with Crippen LogP contribution in [0.2, 0.25) is 0 Å². The SMILES string of the molecule is CCC(CC)n1ccc(COc2ccc(C(C)C)cc2)n1. The van der Waals surface area contributed by atoms with Crippen LogP contribution in [0.4, 0.5) is 0 Å². The van der Waals surface area contributed by atoms with Crippen molar-refractivity contribution in [1.82, 2.24) is 9.78 Å². The molecule has 0 bridgehead atoms. The lowest BCUT2D eigenvalue weighted by Gasteiger charge is -2.12. The normalized spacial score (nSPS) is 11.3. The first-order valence-corrected chi connectivity index (χ1v) is 7.90. The molecular weight excluding hydrogens is 260 g/mol. The molecule has 0 amide bonds. The standard InChI is InChI=1S/C18H26N2O/c1-5-17(6-2)20-12-11-16(19-20)13-21-18-9-7-15(8-10-18)14(3)4/h7-12,14,17H,5-6,13H2,1-4H3. The Morgan fingerprint density at radius 1 is 1.05 bits per heavy atom. The van der Waals surface area contributed by atoms with E-state index in [9.17, 15) is 0 Å². The lowest BCUT2D eigenvalue weighted by Crippen LogP contribution is -2.08. The largest absolute Gasteiger partial charge is 0.487 e. The van der Waals surface area contributed by atoms with E-state index in [0.29, 0.717) is 18.6 Å². The molecule has 3 nitrogen and oxygen atoms in total. The Balaban J connectivity index is 1.93. The quantitative estimate of drug-likeness (QED) is 0.720. The van der Waals surface area contributed by atoms with Crippen molar-refractivity contribution in [3.8, 4) is 5.75 Å². The zero-order valence-electron chi connectivity index (χ0n) is 13.5. The summed E-state index contributed by atoms with van der Waals surface area (Å²) in [5.41, 5.74) is 2.31. The molecule has 0 spiro atoms. The van der Waals surface area contributed by atoms with Crippen LogP contribution in [0, 0.1) is 0 Å². The van der Waals surface area contributed by atoms with Gasteiger partial charge in [-0.3, -0.25) is 4.68 Å². The van der Waals surface area contributed by atoms with Gasteiger partial charge in [0.25, 0.3) is 0 Å². The Kier molecular flexibility index (Phi) is 5.43. The summed E-state index contributed by atoms with van der Waals surface area (Å²) in [5, 5.41) is 4.60. The molecule has 2 aromatic rings. The Hall–Kier alpha value is -1.77. The van der Waals surface area contributed by atoms with Gasteiger partial charge in [0.2, 0.25) is 0 Å².